The molecule has 2 heterocycles. The lowest BCUT2D eigenvalue weighted by molar-refractivity contribution is 0.171. The lowest BCUT2D eigenvalue weighted by Crippen LogP contribution is -2.39. The summed E-state index contributed by atoms with van der Waals surface area (Å²) in [5.74, 6) is 0.731. The molecule has 3 atom stereocenters. The minimum atomic E-state index is 0.486. The van der Waals surface area contributed by atoms with Gasteiger partial charge in [0.05, 0.1) is 0 Å². The van der Waals surface area contributed by atoms with Crippen LogP contribution < -0.4 is 5.32 Å². The SMILES string of the molecule is CC1CC(c2ccccc2)CN1CC1(C)CCNC1. The van der Waals surface area contributed by atoms with Crippen molar-refractivity contribution in [1.29, 1.82) is 0 Å². The molecule has 2 fully saturated rings. The number of rotatable bonds is 3. The van der Waals surface area contributed by atoms with Crippen LogP contribution in [0, 0.1) is 5.41 Å². The third-order valence-electron chi connectivity index (χ3n) is 5.02. The van der Waals surface area contributed by atoms with Crippen molar-refractivity contribution in [1.82, 2.24) is 10.2 Å². The fraction of sp³-hybridized carbons (Fsp3) is 0.647. The summed E-state index contributed by atoms with van der Waals surface area (Å²) in [5.41, 5.74) is 2.01. The Hall–Kier alpha value is -0.860. The lowest BCUT2D eigenvalue weighted by Gasteiger charge is -2.31. The molecule has 1 aromatic rings. The van der Waals surface area contributed by atoms with E-state index in [1.807, 2.05) is 0 Å². The van der Waals surface area contributed by atoms with Crippen molar-refractivity contribution in [3.63, 3.8) is 0 Å². The van der Waals surface area contributed by atoms with Crippen molar-refractivity contribution in [2.24, 2.45) is 5.41 Å². The van der Waals surface area contributed by atoms with Crippen molar-refractivity contribution in [2.75, 3.05) is 26.2 Å². The van der Waals surface area contributed by atoms with E-state index in [1.165, 1.54) is 44.6 Å². The number of hydrogen-bond acceptors (Lipinski definition) is 2. The Kier molecular flexibility index (Phi) is 3.64. The van der Waals surface area contributed by atoms with Crippen LogP contribution in [0.15, 0.2) is 30.3 Å². The second-order valence-electron chi connectivity index (χ2n) is 6.86. The van der Waals surface area contributed by atoms with Crippen LogP contribution in [-0.2, 0) is 0 Å². The molecular weight excluding hydrogens is 232 g/mol. The Morgan fingerprint density at radius 2 is 2.11 bits per heavy atom. The quantitative estimate of drug-likeness (QED) is 0.897. The molecular formula is C17H26N2. The van der Waals surface area contributed by atoms with Crippen LogP contribution in [0.25, 0.3) is 0 Å². The first kappa shape index (κ1) is 13.1. The second-order valence-corrected chi connectivity index (χ2v) is 6.86. The van der Waals surface area contributed by atoms with Crippen molar-refractivity contribution >= 4 is 0 Å². The predicted octanol–water partition coefficient (Wildman–Crippen LogP) is 2.86. The molecule has 0 spiro atoms. The van der Waals surface area contributed by atoms with Crippen molar-refractivity contribution in [2.45, 2.75) is 38.6 Å². The fourth-order valence-electron chi connectivity index (χ4n) is 3.78. The number of benzene rings is 1. The van der Waals surface area contributed by atoms with E-state index in [2.05, 4.69) is 54.4 Å². The van der Waals surface area contributed by atoms with Gasteiger partial charge in [0.15, 0.2) is 0 Å². The maximum Gasteiger partial charge on any atom is 0.00737 e. The summed E-state index contributed by atoms with van der Waals surface area (Å²) >= 11 is 0. The molecule has 0 bridgehead atoms. The molecule has 2 nitrogen and oxygen atoms in total. The molecule has 2 aliphatic rings. The van der Waals surface area contributed by atoms with E-state index in [9.17, 15) is 0 Å². The molecule has 3 unspecified atom stereocenters. The van der Waals surface area contributed by atoms with E-state index >= 15 is 0 Å². The van der Waals surface area contributed by atoms with Crippen LogP contribution in [0.2, 0.25) is 0 Å². The number of nitrogens with one attached hydrogen (secondary N) is 1. The minimum Gasteiger partial charge on any atom is -0.316 e. The van der Waals surface area contributed by atoms with Gasteiger partial charge in [0, 0.05) is 25.7 Å². The van der Waals surface area contributed by atoms with Gasteiger partial charge in [-0.15, -0.1) is 0 Å². The van der Waals surface area contributed by atoms with Gasteiger partial charge in [0.25, 0.3) is 0 Å². The largest absolute Gasteiger partial charge is 0.316 e. The van der Waals surface area contributed by atoms with Crippen molar-refractivity contribution in [3.8, 4) is 0 Å². The average Bonchev–Trinajstić information content (AvgIpc) is 2.99. The first-order valence-electron chi connectivity index (χ1n) is 7.66. The van der Waals surface area contributed by atoms with Gasteiger partial charge in [-0.3, -0.25) is 4.90 Å². The zero-order valence-corrected chi connectivity index (χ0v) is 12.2. The summed E-state index contributed by atoms with van der Waals surface area (Å²) < 4.78 is 0. The maximum absolute atomic E-state index is 3.52. The van der Waals surface area contributed by atoms with Crippen molar-refractivity contribution < 1.29 is 0 Å². The van der Waals surface area contributed by atoms with Crippen LogP contribution in [0.3, 0.4) is 0 Å². The van der Waals surface area contributed by atoms with E-state index in [4.69, 9.17) is 0 Å². The number of hydrogen-bond donors (Lipinski definition) is 1. The van der Waals surface area contributed by atoms with Gasteiger partial charge < -0.3 is 5.32 Å². The molecule has 0 radical (unpaired) electrons. The summed E-state index contributed by atoms with van der Waals surface area (Å²) in [4.78, 5) is 2.71. The van der Waals surface area contributed by atoms with Gasteiger partial charge in [-0.25, -0.2) is 0 Å². The molecule has 1 aromatic carbocycles. The third-order valence-corrected chi connectivity index (χ3v) is 5.02. The van der Waals surface area contributed by atoms with Gasteiger partial charge in [0.1, 0.15) is 0 Å². The fourth-order valence-corrected chi connectivity index (χ4v) is 3.78. The number of likely N-dealkylation sites (tertiary alicyclic amines) is 1. The average molecular weight is 258 g/mol. The monoisotopic (exact) mass is 258 g/mol. The third kappa shape index (κ3) is 2.85. The van der Waals surface area contributed by atoms with Gasteiger partial charge >= 0.3 is 0 Å². The molecule has 104 valence electrons. The molecule has 2 saturated heterocycles. The zero-order valence-electron chi connectivity index (χ0n) is 12.2. The van der Waals surface area contributed by atoms with Crippen LogP contribution in [0.4, 0.5) is 0 Å². The Morgan fingerprint density at radius 1 is 1.32 bits per heavy atom. The van der Waals surface area contributed by atoms with Gasteiger partial charge in [-0.1, -0.05) is 37.3 Å². The highest BCUT2D eigenvalue weighted by atomic mass is 15.2. The summed E-state index contributed by atoms with van der Waals surface area (Å²) in [5, 5.41) is 3.52. The summed E-state index contributed by atoms with van der Waals surface area (Å²) in [6.07, 6.45) is 2.64. The normalized spacial score (nSPS) is 35.9. The second kappa shape index (κ2) is 5.26. The lowest BCUT2D eigenvalue weighted by atomic mass is 9.89. The van der Waals surface area contributed by atoms with Crippen molar-refractivity contribution in [3.05, 3.63) is 35.9 Å². The smallest absolute Gasteiger partial charge is 0.00737 e. The Bertz CT molecular complexity index is 409. The Morgan fingerprint density at radius 3 is 2.79 bits per heavy atom. The van der Waals surface area contributed by atoms with E-state index in [-0.39, 0.29) is 0 Å². The highest BCUT2D eigenvalue weighted by Gasteiger charge is 2.36. The molecule has 2 aliphatic heterocycles. The van der Waals surface area contributed by atoms with Gasteiger partial charge in [-0.2, -0.15) is 0 Å². The zero-order chi connectivity index (χ0) is 13.3. The summed E-state index contributed by atoms with van der Waals surface area (Å²) in [6, 6.07) is 11.8. The first-order chi connectivity index (χ1) is 9.16. The molecule has 1 N–H and O–H groups in total. The van der Waals surface area contributed by atoms with Crippen LogP contribution >= 0.6 is 0 Å². The highest BCUT2D eigenvalue weighted by molar-refractivity contribution is 5.21. The predicted molar refractivity (Wildman–Crippen MR) is 80.4 cm³/mol. The molecule has 3 rings (SSSR count). The number of nitrogens with zero attached hydrogens (tertiary/aromatic N) is 1. The van der Waals surface area contributed by atoms with Crippen LogP contribution in [0.5, 0.6) is 0 Å². The highest BCUT2D eigenvalue weighted by Crippen LogP contribution is 2.35. The first-order valence-corrected chi connectivity index (χ1v) is 7.66. The summed E-state index contributed by atoms with van der Waals surface area (Å²) in [7, 11) is 0. The summed E-state index contributed by atoms with van der Waals surface area (Å²) in [6.45, 7) is 9.71. The molecule has 2 heteroatoms. The van der Waals surface area contributed by atoms with E-state index < -0.39 is 0 Å². The van der Waals surface area contributed by atoms with Gasteiger partial charge in [-0.05, 0) is 43.2 Å². The van der Waals surface area contributed by atoms with E-state index in [0.29, 0.717) is 5.41 Å². The van der Waals surface area contributed by atoms with E-state index in [0.717, 1.165) is 12.0 Å². The Labute approximate surface area is 117 Å². The Balaban J connectivity index is 1.65. The molecule has 0 amide bonds. The molecule has 19 heavy (non-hydrogen) atoms. The minimum absolute atomic E-state index is 0.486. The molecule has 0 aliphatic carbocycles. The standard InChI is InChI=1S/C17H26N2/c1-14-10-16(15-6-4-3-5-7-15)11-19(14)13-17(2)8-9-18-12-17/h3-7,14,16,18H,8-13H2,1-2H3. The van der Waals surface area contributed by atoms with Gasteiger partial charge in [0.2, 0.25) is 0 Å². The molecule has 0 saturated carbocycles. The topological polar surface area (TPSA) is 15.3 Å². The van der Waals surface area contributed by atoms with E-state index in [1.54, 1.807) is 0 Å². The molecule has 0 aromatic heterocycles. The maximum atomic E-state index is 3.52. The van der Waals surface area contributed by atoms with Crippen LogP contribution in [0.1, 0.15) is 38.2 Å². The van der Waals surface area contributed by atoms with Crippen LogP contribution in [-0.4, -0.2) is 37.1 Å².